The lowest BCUT2D eigenvalue weighted by molar-refractivity contribution is -0.384. The Bertz CT molecular complexity index is 977. The van der Waals surface area contributed by atoms with Crippen LogP contribution < -0.4 is 10.4 Å². The summed E-state index contributed by atoms with van der Waals surface area (Å²) >= 11 is 0. The number of hydrogen-bond donors (Lipinski definition) is 0. The van der Waals surface area contributed by atoms with Crippen LogP contribution in [0.1, 0.15) is 19.8 Å². The van der Waals surface area contributed by atoms with E-state index in [9.17, 15) is 14.9 Å². The molecule has 0 fully saturated rings. The first-order valence-corrected chi connectivity index (χ1v) is 8.04. The standard InChI is InChI=1S/C19H17NO5/c1-2-3-9-24-15-7-8-16-17(12-19(21)25-18(16)11-15)13-5-4-6-14(10-13)20(22)23/h4-8,10-12H,2-3,9H2,1H3. The number of rotatable bonds is 6. The van der Waals surface area contributed by atoms with Gasteiger partial charge in [-0.05, 0) is 24.1 Å². The van der Waals surface area contributed by atoms with Gasteiger partial charge in [-0.25, -0.2) is 4.79 Å². The molecule has 0 saturated heterocycles. The quantitative estimate of drug-likeness (QED) is 0.285. The van der Waals surface area contributed by atoms with Gasteiger partial charge < -0.3 is 9.15 Å². The zero-order valence-electron chi connectivity index (χ0n) is 13.7. The molecule has 0 N–H and O–H groups in total. The van der Waals surface area contributed by atoms with Crippen molar-refractivity contribution < 1.29 is 14.1 Å². The molecule has 1 aromatic heterocycles. The van der Waals surface area contributed by atoms with Crippen LogP contribution in [0.25, 0.3) is 22.1 Å². The zero-order valence-corrected chi connectivity index (χ0v) is 13.7. The highest BCUT2D eigenvalue weighted by atomic mass is 16.6. The number of nitro benzene ring substituents is 1. The lowest BCUT2D eigenvalue weighted by atomic mass is 10.0. The summed E-state index contributed by atoms with van der Waals surface area (Å²) in [6, 6.07) is 12.8. The topological polar surface area (TPSA) is 82.6 Å². The second-order valence-corrected chi connectivity index (χ2v) is 5.65. The molecule has 1 heterocycles. The molecule has 0 saturated carbocycles. The fourth-order valence-electron chi connectivity index (χ4n) is 2.59. The molecule has 3 aromatic rings. The van der Waals surface area contributed by atoms with E-state index in [1.54, 1.807) is 30.3 Å². The van der Waals surface area contributed by atoms with Crippen LogP contribution in [-0.2, 0) is 0 Å². The van der Waals surface area contributed by atoms with Gasteiger partial charge in [-0.1, -0.05) is 25.5 Å². The fraction of sp³-hybridized carbons (Fsp3) is 0.211. The third kappa shape index (κ3) is 3.68. The van der Waals surface area contributed by atoms with Gasteiger partial charge in [0.15, 0.2) is 0 Å². The van der Waals surface area contributed by atoms with Gasteiger partial charge >= 0.3 is 5.63 Å². The largest absolute Gasteiger partial charge is 0.493 e. The molecule has 6 nitrogen and oxygen atoms in total. The van der Waals surface area contributed by atoms with Gasteiger partial charge in [0.1, 0.15) is 11.3 Å². The van der Waals surface area contributed by atoms with Crippen molar-refractivity contribution in [3.63, 3.8) is 0 Å². The molecular weight excluding hydrogens is 322 g/mol. The maximum absolute atomic E-state index is 11.9. The Morgan fingerprint density at radius 3 is 2.76 bits per heavy atom. The molecule has 0 bridgehead atoms. The lowest BCUT2D eigenvalue weighted by Gasteiger charge is -2.09. The average Bonchev–Trinajstić information content (AvgIpc) is 2.61. The van der Waals surface area contributed by atoms with Crippen LogP contribution in [0.5, 0.6) is 5.75 Å². The van der Waals surface area contributed by atoms with Crippen molar-refractivity contribution in [3.8, 4) is 16.9 Å². The van der Waals surface area contributed by atoms with Crippen molar-refractivity contribution in [2.24, 2.45) is 0 Å². The first kappa shape index (κ1) is 16.7. The number of hydrogen-bond acceptors (Lipinski definition) is 5. The van der Waals surface area contributed by atoms with E-state index in [0.717, 1.165) is 12.8 Å². The van der Waals surface area contributed by atoms with E-state index < -0.39 is 10.5 Å². The number of non-ortho nitro benzene ring substituents is 1. The van der Waals surface area contributed by atoms with Gasteiger partial charge in [0, 0.05) is 35.2 Å². The Morgan fingerprint density at radius 1 is 1.16 bits per heavy atom. The monoisotopic (exact) mass is 339 g/mol. The number of nitro groups is 1. The molecule has 0 amide bonds. The van der Waals surface area contributed by atoms with Gasteiger partial charge in [0.25, 0.3) is 5.69 Å². The molecule has 0 aliphatic heterocycles. The summed E-state index contributed by atoms with van der Waals surface area (Å²) in [6.45, 7) is 2.67. The maximum Gasteiger partial charge on any atom is 0.336 e. The Morgan fingerprint density at radius 2 is 2.00 bits per heavy atom. The summed E-state index contributed by atoms with van der Waals surface area (Å²) in [6.07, 6.45) is 1.97. The summed E-state index contributed by atoms with van der Waals surface area (Å²) in [5.74, 6) is 0.625. The van der Waals surface area contributed by atoms with Crippen LogP contribution in [0, 0.1) is 10.1 Å². The van der Waals surface area contributed by atoms with Crippen LogP contribution >= 0.6 is 0 Å². The molecule has 0 radical (unpaired) electrons. The predicted molar refractivity (Wildman–Crippen MR) is 95.0 cm³/mol. The minimum absolute atomic E-state index is 0.0293. The molecule has 0 aliphatic rings. The van der Waals surface area contributed by atoms with Crippen LogP contribution in [0.2, 0.25) is 0 Å². The van der Waals surface area contributed by atoms with Gasteiger partial charge in [0.2, 0.25) is 0 Å². The van der Waals surface area contributed by atoms with Crippen molar-refractivity contribution in [2.75, 3.05) is 6.61 Å². The van der Waals surface area contributed by atoms with E-state index >= 15 is 0 Å². The highest BCUT2D eigenvalue weighted by Gasteiger charge is 2.12. The van der Waals surface area contributed by atoms with Gasteiger partial charge in [-0.15, -0.1) is 0 Å². The minimum atomic E-state index is -0.514. The first-order valence-electron chi connectivity index (χ1n) is 8.04. The lowest BCUT2D eigenvalue weighted by Crippen LogP contribution is -2.00. The van der Waals surface area contributed by atoms with E-state index in [1.807, 2.05) is 0 Å². The normalized spacial score (nSPS) is 10.8. The number of unbranched alkanes of at least 4 members (excludes halogenated alkanes) is 1. The number of nitrogens with zero attached hydrogens (tertiary/aromatic N) is 1. The van der Waals surface area contributed by atoms with E-state index in [1.165, 1.54) is 18.2 Å². The molecule has 0 atom stereocenters. The third-order valence-corrected chi connectivity index (χ3v) is 3.85. The number of fused-ring (bicyclic) bond motifs is 1. The van der Waals surface area contributed by atoms with Crippen molar-refractivity contribution in [2.45, 2.75) is 19.8 Å². The Labute approximate surface area is 143 Å². The molecule has 128 valence electrons. The number of ether oxygens (including phenoxy) is 1. The highest BCUT2D eigenvalue weighted by molar-refractivity contribution is 5.94. The Kier molecular flexibility index (Phi) is 4.79. The van der Waals surface area contributed by atoms with Crippen molar-refractivity contribution in [3.05, 3.63) is 69.1 Å². The van der Waals surface area contributed by atoms with Crippen molar-refractivity contribution >= 4 is 16.7 Å². The van der Waals surface area contributed by atoms with Gasteiger partial charge in [-0.3, -0.25) is 10.1 Å². The van der Waals surface area contributed by atoms with Crippen LogP contribution in [-0.4, -0.2) is 11.5 Å². The molecule has 3 rings (SSSR count). The predicted octanol–water partition coefficient (Wildman–Crippen LogP) is 4.55. The minimum Gasteiger partial charge on any atom is -0.493 e. The Balaban J connectivity index is 2.08. The third-order valence-electron chi connectivity index (χ3n) is 3.85. The summed E-state index contributed by atoms with van der Waals surface area (Å²) in [4.78, 5) is 22.5. The van der Waals surface area contributed by atoms with E-state index in [-0.39, 0.29) is 5.69 Å². The first-order chi connectivity index (χ1) is 12.1. The average molecular weight is 339 g/mol. The second kappa shape index (κ2) is 7.17. The van der Waals surface area contributed by atoms with E-state index in [2.05, 4.69) is 6.92 Å². The van der Waals surface area contributed by atoms with E-state index in [0.29, 0.717) is 34.5 Å². The second-order valence-electron chi connectivity index (χ2n) is 5.65. The molecule has 0 aliphatic carbocycles. The van der Waals surface area contributed by atoms with Crippen LogP contribution in [0.4, 0.5) is 5.69 Å². The SMILES string of the molecule is CCCCOc1ccc2c(-c3cccc([N+](=O)[O-])c3)cc(=O)oc2c1. The highest BCUT2D eigenvalue weighted by Crippen LogP contribution is 2.31. The van der Waals surface area contributed by atoms with Gasteiger partial charge in [-0.2, -0.15) is 0 Å². The summed E-state index contributed by atoms with van der Waals surface area (Å²) in [5, 5.41) is 11.7. The summed E-state index contributed by atoms with van der Waals surface area (Å²) in [7, 11) is 0. The molecule has 2 aromatic carbocycles. The maximum atomic E-state index is 11.9. The molecule has 25 heavy (non-hydrogen) atoms. The molecular formula is C19H17NO5. The Hall–Kier alpha value is -3.15. The molecule has 0 unspecified atom stereocenters. The van der Waals surface area contributed by atoms with Crippen LogP contribution in [0.15, 0.2) is 57.7 Å². The summed E-state index contributed by atoms with van der Waals surface area (Å²) < 4.78 is 10.9. The van der Waals surface area contributed by atoms with Crippen LogP contribution in [0.3, 0.4) is 0 Å². The zero-order chi connectivity index (χ0) is 17.8. The van der Waals surface area contributed by atoms with E-state index in [4.69, 9.17) is 9.15 Å². The van der Waals surface area contributed by atoms with Crippen molar-refractivity contribution in [1.29, 1.82) is 0 Å². The molecule has 6 heteroatoms. The van der Waals surface area contributed by atoms with Crippen molar-refractivity contribution in [1.82, 2.24) is 0 Å². The molecule has 0 spiro atoms. The number of benzene rings is 2. The smallest absolute Gasteiger partial charge is 0.336 e. The fourth-order valence-corrected chi connectivity index (χ4v) is 2.59. The van der Waals surface area contributed by atoms with Gasteiger partial charge in [0.05, 0.1) is 11.5 Å². The summed E-state index contributed by atoms with van der Waals surface area (Å²) in [5.41, 5.74) is 1.03.